The summed E-state index contributed by atoms with van der Waals surface area (Å²) in [7, 11) is 1.96. The smallest absolute Gasteiger partial charge is 0.140 e. The fourth-order valence-electron chi connectivity index (χ4n) is 2.95. The van der Waals surface area contributed by atoms with E-state index in [1.165, 1.54) is 12.1 Å². The Labute approximate surface area is 164 Å². The first-order valence-corrected chi connectivity index (χ1v) is 9.32. The number of aliphatic imine (C=N–C) groups is 1. The first-order valence-electron chi connectivity index (χ1n) is 8.95. The van der Waals surface area contributed by atoms with Crippen molar-refractivity contribution < 1.29 is 13.9 Å². The summed E-state index contributed by atoms with van der Waals surface area (Å²) < 4.78 is 25.0. The van der Waals surface area contributed by atoms with Gasteiger partial charge in [0, 0.05) is 13.6 Å². The van der Waals surface area contributed by atoms with Gasteiger partial charge in [-0.25, -0.2) is 9.38 Å². The average molecular weight is 391 g/mol. The van der Waals surface area contributed by atoms with E-state index >= 15 is 0 Å². The van der Waals surface area contributed by atoms with E-state index in [2.05, 4.69) is 11.9 Å². The number of hydrogen-bond donors (Lipinski definition) is 0. The molecule has 6 heteroatoms. The SMILES string of the molecule is CCN(C)C=Nc1cc(C)c(C2(OCc3cccc(F)c3)COC2)cc1Cl. The van der Waals surface area contributed by atoms with Gasteiger partial charge in [-0.15, -0.1) is 0 Å². The van der Waals surface area contributed by atoms with Crippen LogP contribution in [0, 0.1) is 12.7 Å². The lowest BCUT2D eigenvalue weighted by molar-refractivity contribution is -0.223. The zero-order valence-corrected chi connectivity index (χ0v) is 16.6. The standard InChI is InChI=1S/C21H24ClFN2O2/c1-4-25(3)14-24-20-8-15(2)18(10-19(20)22)21(12-26-13-21)27-11-16-6-5-7-17(23)9-16/h5-10,14H,4,11-13H2,1-3H3. The topological polar surface area (TPSA) is 34.1 Å². The Balaban J connectivity index is 1.82. The Morgan fingerprint density at radius 3 is 2.74 bits per heavy atom. The van der Waals surface area contributed by atoms with Gasteiger partial charge in [0.15, 0.2) is 0 Å². The second-order valence-electron chi connectivity index (χ2n) is 6.84. The molecule has 0 aliphatic carbocycles. The first kappa shape index (κ1) is 19.8. The van der Waals surface area contributed by atoms with Gasteiger partial charge in [0.2, 0.25) is 0 Å². The minimum absolute atomic E-state index is 0.270. The minimum Gasteiger partial charge on any atom is -0.375 e. The predicted molar refractivity (Wildman–Crippen MR) is 106 cm³/mol. The highest BCUT2D eigenvalue weighted by molar-refractivity contribution is 6.33. The molecule has 1 aliphatic rings. The second kappa shape index (κ2) is 8.38. The maximum atomic E-state index is 13.4. The Morgan fingerprint density at radius 1 is 1.33 bits per heavy atom. The van der Waals surface area contributed by atoms with E-state index in [0.717, 1.165) is 28.9 Å². The van der Waals surface area contributed by atoms with Crippen molar-refractivity contribution in [2.45, 2.75) is 26.1 Å². The van der Waals surface area contributed by atoms with Crippen LogP contribution >= 0.6 is 11.6 Å². The van der Waals surface area contributed by atoms with Crippen LogP contribution in [-0.4, -0.2) is 38.0 Å². The molecule has 2 aromatic carbocycles. The predicted octanol–water partition coefficient (Wildman–Crippen LogP) is 4.84. The fourth-order valence-corrected chi connectivity index (χ4v) is 3.16. The molecule has 0 unspecified atom stereocenters. The van der Waals surface area contributed by atoms with Gasteiger partial charge in [0.05, 0.1) is 36.9 Å². The fraction of sp³-hybridized carbons (Fsp3) is 0.381. The molecule has 0 aromatic heterocycles. The molecule has 1 aliphatic heterocycles. The summed E-state index contributed by atoms with van der Waals surface area (Å²) in [6.07, 6.45) is 1.77. The zero-order chi connectivity index (χ0) is 19.4. The molecular weight excluding hydrogens is 367 g/mol. The number of aryl methyl sites for hydroxylation is 1. The summed E-state index contributed by atoms with van der Waals surface area (Å²) in [4.78, 5) is 6.44. The van der Waals surface area contributed by atoms with E-state index < -0.39 is 5.60 Å². The molecule has 1 heterocycles. The van der Waals surface area contributed by atoms with Crippen LogP contribution in [0.4, 0.5) is 10.1 Å². The Kier molecular flexibility index (Phi) is 6.15. The molecule has 1 fully saturated rings. The van der Waals surface area contributed by atoms with Gasteiger partial charge in [-0.2, -0.15) is 0 Å². The monoisotopic (exact) mass is 390 g/mol. The molecule has 144 valence electrons. The van der Waals surface area contributed by atoms with Gasteiger partial charge in [-0.1, -0.05) is 23.7 Å². The second-order valence-corrected chi connectivity index (χ2v) is 7.25. The van der Waals surface area contributed by atoms with Gasteiger partial charge in [0.25, 0.3) is 0 Å². The normalized spacial score (nSPS) is 15.7. The number of rotatable bonds is 7. The van der Waals surface area contributed by atoms with E-state index in [0.29, 0.717) is 24.8 Å². The number of ether oxygens (including phenoxy) is 2. The third kappa shape index (κ3) is 4.49. The highest BCUT2D eigenvalue weighted by Crippen LogP contribution is 2.40. The molecule has 0 atom stereocenters. The Hall–Kier alpha value is -1.95. The van der Waals surface area contributed by atoms with Crippen molar-refractivity contribution in [3.63, 3.8) is 0 Å². The van der Waals surface area contributed by atoms with Crippen LogP contribution in [0.15, 0.2) is 41.4 Å². The first-order chi connectivity index (χ1) is 12.9. The summed E-state index contributed by atoms with van der Waals surface area (Å²) in [5.74, 6) is -0.270. The summed E-state index contributed by atoms with van der Waals surface area (Å²) >= 11 is 6.47. The van der Waals surface area contributed by atoms with Crippen LogP contribution in [0.25, 0.3) is 0 Å². The molecule has 27 heavy (non-hydrogen) atoms. The molecule has 3 rings (SSSR count). The van der Waals surface area contributed by atoms with Crippen molar-refractivity contribution >= 4 is 23.6 Å². The van der Waals surface area contributed by atoms with Crippen LogP contribution in [-0.2, 0) is 21.7 Å². The van der Waals surface area contributed by atoms with Crippen LogP contribution in [0.1, 0.15) is 23.6 Å². The van der Waals surface area contributed by atoms with Gasteiger partial charge >= 0.3 is 0 Å². The maximum Gasteiger partial charge on any atom is 0.140 e. The molecule has 0 amide bonds. The van der Waals surface area contributed by atoms with Crippen molar-refractivity contribution in [3.05, 3.63) is 63.9 Å². The molecule has 4 nitrogen and oxygen atoms in total. The van der Waals surface area contributed by atoms with Crippen LogP contribution < -0.4 is 0 Å². The number of benzene rings is 2. The molecule has 2 aromatic rings. The number of hydrogen-bond acceptors (Lipinski definition) is 3. The van der Waals surface area contributed by atoms with Gasteiger partial charge in [-0.3, -0.25) is 0 Å². The van der Waals surface area contributed by atoms with Crippen molar-refractivity contribution in [1.82, 2.24) is 4.90 Å². The molecule has 1 saturated heterocycles. The number of halogens is 2. The average Bonchev–Trinajstić information content (AvgIpc) is 2.61. The molecular formula is C21H24ClFN2O2. The van der Waals surface area contributed by atoms with E-state index in [9.17, 15) is 4.39 Å². The van der Waals surface area contributed by atoms with E-state index in [1.54, 1.807) is 12.4 Å². The third-order valence-corrected chi connectivity index (χ3v) is 5.05. The molecule has 0 spiro atoms. The number of nitrogens with zero attached hydrogens (tertiary/aromatic N) is 2. The lowest BCUT2D eigenvalue weighted by Gasteiger charge is -2.42. The molecule has 0 saturated carbocycles. The maximum absolute atomic E-state index is 13.4. The van der Waals surface area contributed by atoms with Gasteiger partial charge in [-0.05, 0) is 54.8 Å². The summed E-state index contributed by atoms with van der Waals surface area (Å²) in [6, 6.07) is 10.3. The van der Waals surface area contributed by atoms with Gasteiger partial charge in [0.1, 0.15) is 11.4 Å². The lowest BCUT2D eigenvalue weighted by Crippen LogP contribution is -2.49. The lowest BCUT2D eigenvalue weighted by atomic mass is 9.88. The van der Waals surface area contributed by atoms with E-state index in [4.69, 9.17) is 21.1 Å². The van der Waals surface area contributed by atoms with E-state index in [-0.39, 0.29) is 5.82 Å². The van der Waals surface area contributed by atoms with Crippen molar-refractivity contribution in [1.29, 1.82) is 0 Å². The van der Waals surface area contributed by atoms with Crippen LogP contribution in [0.5, 0.6) is 0 Å². The van der Waals surface area contributed by atoms with Crippen molar-refractivity contribution in [2.24, 2.45) is 4.99 Å². The van der Waals surface area contributed by atoms with Crippen molar-refractivity contribution in [3.8, 4) is 0 Å². The molecule has 0 N–H and O–H groups in total. The van der Waals surface area contributed by atoms with Crippen molar-refractivity contribution in [2.75, 3.05) is 26.8 Å². The largest absolute Gasteiger partial charge is 0.375 e. The third-order valence-electron chi connectivity index (χ3n) is 4.75. The minimum atomic E-state index is -0.567. The Bertz CT molecular complexity index is 837. The molecule has 0 radical (unpaired) electrons. The van der Waals surface area contributed by atoms with Crippen LogP contribution in [0.3, 0.4) is 0 Å². The quantitative estimate of drug-likeness (QED) is 0.501. The Morgan fingerprint density at radius 2 is 2.11 bits per heavy atom. The summed E-state index contributed by atoms with van der Waals surface area (Å²) in [5, 5.41) is 0.567. The summed E-state index contributed by atoms with van der Waals surface area (Å²) in [6.45, 7) is 6.13. The highest BCUT2D eigenvalue weighted by Gasteiger charge is 2.43. The zero-order valence-electron chi connectivity index (χ0n) is 15.8. The van der Waals surface area contributed by atoms with Crippen LogP contribution in [0.2, 0.25) is 5.02 Å². The van der Waals surface area contributed by atoms with E-state index in [1.807, 2.05) is 37.1 Å². The molecule has 0 bridgehead atoms. The highest BCUT2D eigenvalue weighted by atomic mass is 35.5. The van der Waals surface area contributed by atoms with Gasteiger partial charge < -0.3 is 14.4 Å². The summed E-state index contributed by atoms with van der Waals surface area (Å²) in [5.41, 5.74) is 2.96.